The lowest BCUT2D eigenvalue weighted by Gasteiger charge is -1.97. The average Bonchev–Trinajstić information content (AvgIpc) is 2.85. The molecule has 1 aromatic carbocycles. The fourth-order valence-electron chi connectivity index (χ4n) is 1.52. The van der Waals surface area contributed by atoms with E-state index in [4.69, 9.17) is 11.6 Å². The van der Waals surface area contributed by atoms with Crippen LogP contribution in [-0.2, 0) is 12.8 Å². The van der Waals surface area contributed by atoms with Crippen LogP contribution in [0.25, 0.3) is 0 Å². The van der Waals surface area contributed by atoms with Crippen LogP contribution < -0.4 is 0 Å². The molecular weight excluding hydrogens is 254 g/mol. The number of aryl methyl sites for hydroxylation is 2. The van der Waals surface area contributed by atoms with E-state index in [1.54, 1.807) is 5.38 Å². The zero-order valence-electron chi connectivity index (χ0n) is 9.23. The van der Waals surface area contributed by atoms with Crippen LogP contribution >= 0.6 is 22.9 Å². The molecule has 0 aliphatic carbocycles. The third kappa shape index (κ3) is 3.38. The molecule has 0 unspecified atom stereocenters. The Morgan fingerprint density at radius 3 is 2.71 bits per heavy atom. The highest BCUT2D eigenvalue weighted by Gasteiger charge is 2.09. The van der Waals surface area contributed by atoms with Crippen LogP contribution in [0.5, 0.6) is 0 Å². The second-order valence-corrected chi connectivity index (χ2v) is 4.88. The number of alkyl halides is 1. The molecule has 4 heteroatoms. The minimum Gasteiger partial charge on any atom is -0.291 e. The maximum absolute atomic E-state index is 11.3. The quantitative estimate of drug-likeness (QED) is 0.613. The Morgan fingerprint density at radius 1 is 1.24 bits per heavy atom. The van der Waals surface area contributed by atoms with Crippen LogP contribution in [0.15, 0.2) is 35.7 Å². The highest BCUT2D eigenvalue weighted by molar-refractivity contribution is 7.09. The van der Waals surface area contributed by atoms with Gasteiger partial charge < -0.3 is 0 Å². The van der Waals surface area contributed by atoms with E-state index in [9.17, 15) is 4.79 Å². The number of rotatable bonds is 5. The number of carbonyl (C=O) groups is 1. The largest absolute Gasteiger partial charge is 0.291 e. The molecule has 0 spiro atoms. The van der Waals surface area contributed by atoms with Crippen LogP contribution in [0.3, 0.4) is 0 Å². The Hall–Kier alpha value is -1.19. The standard InChI is InChI=1S/C13H12ClNOS/c14-8-12(16)11-9-17-13(15-11)7-6-10-4-2-1-3-5-10/h1-5,9H,6-8H2. The van der Waals surface area contributed by atoms with Crippen molar-refractivity contribution in [3.63, 3.8) is 0 Å². The highest BCUT2D eigenvalue weighted by Crippen LogP contribution is 2.13. The summed E-state index contributed by atoms with van der Waals surface area (Å²) in [6, 6.07) is 10.3. The Kier molecular flexibility index (Phi) is 4.29. The van der Waals surface area contributed by atoms with Gasteiger partial charge in [0.1, 0.15) is 5.69 Å². The zero-order valence-corrected chi connectivity index (χ0v) is 10.8. The summed E-state index contributed by atoms with van der Waals surface area (Å²) in [6.07, 6.45) is 1.81. The predicted molar refractivity (Wildman–Crippen MR) is 71.0 cm³/mol. The van der Waals surface area contributed by atoms with E-state index >= 15 is 0 Å². The molecule has 2 nitrogen and oxygen atoms in total. The summed E-state index contributed by atoms with van der Waals surface area (Å²) < 4.78 is 0. The molecule has 0 aliphatic rings. The van der Waals surface area contributed by atoms with Crippen molar-refractivity contribution < 1.29 is 4.79 Å². The second-order valence-electron chi connectivity index (χ2n) is 3.67. The first kappa shape index (κ1) is 12.3. The summed E-state index contributed by atoms with van der Waals surface area (Å²) in [5, 5.41) is 2.77. The number of hydrogen-bond donors (Lipinski definition) is 0. The van der Waals surface area contributed by atoms with Gasteiger partial charge in [0.15, 0.2) is 5.78 Å². The number of carbonyl (C=O) groups excluding carboxylic acids is 1. The second kappa shape index (κ2) is 5.94. The van der Waals surface area contributed by atoms with Gasteiger partial charge in [-0.15, -0.1) is 22.9 Å². The van der Waals surface area contributed by atoms with E-state index in [1.807, 2.05) is 18.2 Å². The molecule has 1 aromatic heterocycles. The third-order valence-corrected chi connectivity index (χ3v) is 3.58. The van der Waals surface area contributed by atoms with Crippen molar-refractivity contribution in [1.82, 2.24) is 4.98 Å². The van der Waals surface area contributed by atoms with Crippen molar-refractivity contribution >= 4 is 28.7 Å². The lowest BCUT2D eigenvalue weighted by molar-refractivity contribution is 0.101. The molecule has 0 aliphatic heterocycles. The Labute approximate surface area is 109 Å². The summed E-state index contributed by atoms with van der Waals surface area (Å²) in [4.78, 5) is 15.6. The molecule has 2 rings (SSSR count). The average molecular weight is 266 g/mol. The molecule has 0 atom stereocenters. The number of aromatic nitrogens is 1. The van der Waals surface area contributed by atoms with Crippen LogP contribution in [-0.4, -0.2) is 16.6 Å². The van der Waals surface area contributed by atoms with Crippen molar-refractivity contribution in [2.24, 2.45) is 0 Å². The summed E-state index contributed by atoms with van der Waals surface area (Å²) in [5.41, 5.74) is 1.78. The van der Waals surface area contributed by atoms with Crippen LogP contribution in [0.4, 0.5) is 0 Å². The van der Waals surface area contributed by atoms with E-state index in [0.29, 0.717) is 5.69 Å². The minimum atomic E-state index is -0.103. The SMILES string of the molecule is O=C(CCl)c1csc(CCc2ccccc2)n1. The van der Waals surface area contributed by atoms with Crippen LogP contribution in [0.1, 0.15) is 21.1 Å². The maximum Gasteiger partial charge on any atom is 0.196 e. The Bertz CT molecular complexity index is 495. The summed E-state index contributed by atoms with van der Waals surface area (Å²) in [7, 11) is 0. The molecule has 88 valence electrons. The van der Waals surface area contributed by atoms with Gasteiger partial charge in [-0.2, -0.15) is 0 Å². The first-order valence-corrected chi connectivity index (χ1v) is 6.78. The molecule has 17 heavy (non-hydrogen) atoms. The molecule has 0 radical (unpaired) electrons. The van der Waals surface area contributed by atoms with Gasteiger partial charge in [0.2, 0.25) is 0 Å². The van der Waals surface area contributed by atoms with Gasteiger partial charge in [0, 0.05) is 11.8 Å². The number of benzene rings is 1. The number of nitrogens with zero attached hydrogens (tertiary/aromatic N) is 1. The molecular formula is C13H12ClNOS. The van der Waals surface area contributed by atoms with E-state index in [2.05, 4.69) is 17.1 Å². The number of thiazole rings is 1. The number of ketones is 1. The smallest absolute Gasteiger partial charge is 0.196 e. The molecule has 0 saturated carbocycles. The van der Waals surface area contributed by atoms with Crippen molar-refractivity contribution in [3.05, 3.63) is 52.0 Å². The molecule has 0 fully saturated rings. The minimum absolute atomic E-state index is 0.00184. The molecule has 2 aromatic rings. The fraction of sp³-hybridized carbons (Fsp3) is 0.231. The van der Waals surface area contributed by atoms with E-state index in [0.717, 1.165) is 17.8 Å². The highest BCUT2D eigenvalue weighted by atomic mass is 35.5. The molecule has 0 amide bonds. The summed E-state index contributed by atoms with van der Waals surface area (Å²) in [5.74, 6) is -0.101. The van der Waals surface area contributed by atoms with Crippen LogP contribution in [0.2, 0.25) is 0 Å². The first-order chi connectivity index (χ1) is 8.29. The third-order valence-electron chi connectivity index (χ3n) is 2.43. The Morgan fingerprint density at radius 2 is 2.00 bits per heavy atom. The lowest BCUT2D eigenvalue weighted by Crippen LogP contribution is -2.01. The van der Waals surface area contributed by atoms with Gasteiger partial charge in [-0.05, 0) is 12.0 Å². The van der Waals surface area contributed by atoms with Crippen molar-refractivity contribution in [3.8, 4) is 0 Å². The van der Waals surface area contributed by atoms with Gasteiger partial charge in [0.25, 0.3) is 0 Å². The molecule has 0 bridgehead atoms. The topological polar surface area (TPSA) is 30.0 Å². The number of hydrogen-bond acceptors (Lipinski definition) is 3. The van der Waals surface area contributed by atoms with Crippen molar-refractivity contribution in [2.45, 2.75) is 12.8 Å². The molecule has 0 N–H and O–H groups in total. The molecule has 1 heterocycles. The predicted octanol–water partition coefficient (Wildman–Crippen LogP) is 3.35. The van der Waals surface area contributed by atoms with Gasteiger partial charge in [0.05, 0.1) is 10.9 Å². The van der Waals surface area contributed by atoms with Crippen molar-refractivity contribution in [2.75, 3.05) is 5.88 Å². The van der Waals surface area contributed by atoms with Crippen molar-refractivity contribution in [1.29, 1.82) is 0 Å². The maximum atomic E-state index is 11.3. The van der Waals surface area contributed by atoms with Gasteiger partial charge in [-0.25, -0.2) is 4.98 Å². The number of halogens is 1. The number of Topliss-reactive ketones (excluding diaryl/α,β-unsaturated/α-hetero) is 1. The van der Waals surface area contributed by atoms with Gasteiger partial charge >= 0.3 is 0 Å². The Balaban J connectivity index is 1.96. The summed E-state index contributed by atoms with van der Waals surface area (Å²) in [6.45, 7) is 0. The monoisotopic (exact) mass is 265 g/mol. The normalized spacial score (nSPS) is 10.4. The summed E-state index contributed by atoms with van der Waals surface area (Å²) >= 11 is 7.01. The van der Waals surface area contributed by atoms with Gasteiger partial charge in [-0.1, -0.05) is 30.3 Å². The fourth-order valence-corrected chi connectivity index (χ4v) is 2.46. The first-order valence-electron chi connectivity index (χ1n) is 5.37. The van der Waals surface area contributed by atoms with E-state index < -0.39 is 0 Å². The van der Waals surface area contributed by atoms with E-state index in [1.165, 1.54) is 16.9 Å². The van der Waals surface area contributed by atoms with Crippen LogP contribution in [0, 0.1) is 0 Å². The zero-order chi connectivity index (χ0) is 12.1. The lowest BCUT2D eigenvalue weighted by atomic mass is 10.1. The van der Waals surface area contributed by atoms with E-state index in [-0.39, 0.29) is 11.7 Å². The van der Waals surface area contributed by atoms with Gasteiger partial charge in [-0.3, -0.25) is 4.79 Å². The molecule has 0 saturated heterocycles.